The third-order valence-corrected chi connectivity index (χ3v) is 8.40. The molecule has 2 N–H and O–H groups in total. The number of methoxy groups -OCH3 is 2. The van der Waals surface area contributed by atoms with Crippen LogP contribution in [0.1, 0.15) is 41.4 Å². The van der Waals surface area contributed by atoms with Crippen molar-refractivity contribution in [1.82, 2.24) is 9.97 Å². The summed E-state index contributed by atoms with van der Waals surface area (Å²) in [6.07, 6.45) is 0. The van der Waals surface area contributed by atoms with Crippen LogP contribution >= 0.6 is 22.7 Å². The van der Waals surface area contributed by atoms with Crippen molar-refractivity contribution in [1.29, 1.82) is 0 Å². The minimum Gasteiger partial charge on any atom is -0.465 e. The number of aromatic nitrogens is 2. The highest BCUT2D eigenvalue weighted by molar-refractivity contribution is 7.22. The number of benzene rings is 4. The predicted molar refractivity (Wildman–Crippen MR) is 171 cm³/mol. The van der Waals surface area contributed by atoms with Crippen LogP contribution in [-0.2, 0) is 9.47 Å². The zero-order chi connectivity index (χ0) is 31.5. The first kappa shape index (κ1) is 29.4. The number of carbonyl (C=O) groups is 4. The van der Waals surface area contributed by atoms with Gasteiger partial charge in [0.25, 0.3) is 11.8 Å². The molecule has 0 saturated heterocycles. The Morgan fingerprint density at radius 2 is 0.933 bits per heavy atom. The molecule has 0 radical (unpaired) electrons. The molecule has 0 aliphatic carbocycles. The van der Waals surface area contributed by atoms with Crippen LogP contribution in [0, 0.1) is 0 Å². The van der Waals surface area contributed by atoms with E-state index in [-0.39, 0.29) is 11.8 Å². The maximum Gasteiger partial charge on any atom is 0.337 e. The molecular formula is C32H22N4O7S2. The van der Waals surface area contributed by atoms with Gasteiger partial charge in [-0.3, -0.25) is 20.2 Å². The molecule has 0 atom stereocenters. The zero-order valence-corrected chi connectivity index (χ0v) is 25.3. The van der Waals surface area contributed by atoms with E-state index in [1.54, 1.807) is 48.5 Å². The SMILES string of the molecule is COC(=O)c1ccc(C(=O)Nc2nc3ccc(Oc4ccc5nc(NC(=O)c6ccc(C(=O)OC)cc6)sc5c4)cc3s2)cc1. The van der Waals surface area contributed by atoms with Gasteiger partial charge < -0.3 is 14.2 Å². The second-order valence-electron chi connectivity index (χ2n) is 9.45. The van der Waals surface area contributed by atoms with Crippen LogP contribution in [0.2, 0.25) is 0 Å². The number of anilines is 2. The normalized spacial score (nSPS) is 10.8. The third kappa shape index (κ3) is 6.49. The Kier molecular flexibility index (Phi) is 8.18. The van der Waals surface area contributed by atoms with Gasteiger partial charge >= 0.3 is 11.9 Å². The van der Waals surface area contributed by atoms with E-state index in [0.717, 1.165) is 9.40 Å². The maximum absolute atomic E-state index is 12.7. The molecule has 11 nitrogen and oxygen atoms in total. The Balaban J connectivity index is 1.11. The second kappa shape index (κ2) is 12.5. The molecule has 0 spiro atoms. The highest BCUT2D eigenvalue weighted by Crippen LogP contribution is 2.34. The molecule has 2 heterocycles. The van der Waals surface area contributed by atoms with Gasteiger partial charge in [0, 0.05) is 23.3 Å². The molecule has 0 fully saturated rings. The first-order chi connectivity index (χ1) is 21.8. The molecule has 224 valence electrons. The smallest absolute Gasteiger partial charge is 0.337 e. The van der Waals surface area contributed by atoms with E-state index in [4.69, 9.17) is 4.74 Å². The molecule has 6 rings (SSSR count). The summed E-state index contributed by atoms with van der Waals surface area (Å²) < 4.78 is 17.1. The Morgan fingerprint density at radius 3 is 1.31 bits per heavy atom. The summed E-state index contributed by atoms with van der Waals surface area (Å²) in [5.74, 6) is -0.508. The standard InChI is InChI=1S/C32H22N4O7S2/c1-41-29(39)19-7-3-17(4-8-19)27(37)35-31-33-23-13-11-21(15-25(23)44-31)43-22-12-14-24-26(16-22)45-32(34-24)36-28(38)18-5-9-20(10-6-18)30(40)42-2/h3-16H,1-2H3,(H,33,35,37)(H,34,36,38). The lowest BCUT2D eigenvalue weighted by molar-refractivity contribution is 0.0592. The molecule has 0 bridgehead atoms. The van der Waals surface area contributed by atoms with Crippen LogP contribution in [0.25, 0.3) is 20.4 Å². The number of fused-ring (bicyclic) bond motifs is 2. The first-order valence-electron chi connectivity index (χ1n) is 13.3. The summed E-state index contributed by atoms with van der Waals surface area (Å²) in [6.45, 7) is 0. The number of carbonyl (C=O) groups excluding carboxylic acids is 4. The number of thiazole rings is 2. The fourth-order valence-corrected chi connectivity index (χ4v) is 6.05. The molecule has 0 saturated carbocycles. The third-order valence-electron chi connectivity index (χ3n) is 6.53. The van der Waals surface area contributed by atoms with Gasteiger partial charge in [0.15, 0.2) is 10.3 Å². The van der Waals surface area contributed by atoms with Gasteiger partial charge in [0.05, 0.1) is 45.8 Å². The van der Waals surface area contributed by atoms with E-state index in [9.17, 15) is 19.2 Å². The van der Waals surface area contributed by atoms with Crippen molar-refractivity contribution < 1.29 is 33.4 Å². The van der Waals surface area contributed by atoms with Crippen LogP contribution in [0.3, 0.4) is 0 Å². The molecule has 0 aliphatic rings. The Labute approximate surface area is 263 Å². The van der Waals surface area contributed by atoms with E-state index in [1.807, 2.05) is 12.1 Å². The monoisotopic (exact) mass is 638 g/mol. The number of ether oxygens (including phenoxy) is 3. The van der Waals surface area contributed by atoms with Crippen molar-refractivity contribution in [3.05, 3.63) is 107 Å². The fraction of sp³-hybridized carbons (Fsp3) is 0.0625. The molecule has 2 aromatic heterocycles. The van der Waals surface area contributed by atoms with Crippen LogP contribution in [0.15, 0.2) is 84.9 Å². The number of nitrogens with one attached hydrogen (secondary N) is 2. The number of esters is 2. The van der Waals surface area contributed by atoms with E-state index >= 15 is 0 Å². The van der Waals surface area contributed by atoms with Crippen molar-refractivity contribution in [3.63, 3.8) is 0 Å². The molecule has 0 aliphatic heterocycles. The lowest BCUT2D eigenvalue weighted by atomic mass is 10.1. The minimum atomic E-state index is -0.478. The fourth-order valence-electron chi connectivity index (χ4n) is 4.27. The van der Waals surface area contributed by atoms with Crippen LogP contribution in [0.5, 0.6) is 11.5 Å². The molecule has 2 amide bonds. The zero-order valence-electron chi connectivity index (χ0n) is 23.7. The Morgan fingerprint density at radius 1 is 0.556 bits per heavy atom. The summed E-state index contributed by atoms with van der Waals surface area (Å²) in [6, 6.07) is 23.1. The molecule has 0 unspecified atom stereocenters. The Hall–Kier alpha value is -5.66. The minimum absolute atomic E-state index is 0.351. The van der Waals surface area contributed by atoms with E-state index in [2.05, 4.69) is 30.1 Å². The molecule has 45 heavy (non-hydrogen) atoms. The second-order valence-corrected chi connectivity index (χ2v) is 11.5. The van der Waals surface area contributed by atoms with Crippen LogP contribution in [0.4, 0.5) is 10.3 Å². The number of rotatable bonds is 8. The summed E-state index contributed by atoms with van der Waals surface area (Å²) in [4.78, 5) is 57.6. The lowest BCUT2D eigenvalue weighted by Gasteiger charge is -2.05. The molecule has 6 aromatic rings. The van der Waals surface area contributed by atoms with Gasteiger partial charge in [-0.1, -0.05) is 22.7 Å². The van der Waals surface area contributed by atoms with Gasteiger partial charge in [0.1, 0.15) is 11.5 Å². The maximum atomic E-state index is 12.7. The predicted octanol–water partition coefficient (Wildman–Crippen LogP) is 6.78. The number of hydrogen-bond donors (Lipinski definition) is 2. The highest BCUT2D eigenvalue weighted by Gasteiger charge is 2.15. The van der Waals surface area contributed by atoms with E-state index in [1.165, 1.54) is 61.2 Å². The Bertz CT molecular complexity index is 1940. The summed E-state index contributed by atoms with van der Waals surface area (Å²) >= 11 is 2.60. The van der Waals surface area contributed by atoms with Crippen LogP contribution < -0.4 is 15.4 Å². The topological polar surface area (TPSA) is 146 Å². The summed E-state index contributed by atoms with van der Waals surface area (Å²) in [7, 11) is 2.59. The van der Waals surface area contributed by atoms with E-state index < -0.39 is 11.9 Å². The quantitative estimate of drug-likeness (QED) is 0.172. The van der Waals surface area contributed by atoms with E-state index in [0.29, 0.717) is 55.0 Å². The van der Waals surface area contributed by atoms with Gasteiger partial charge in [-0.2, -0.15) is 0 Å². The van der Waals surface area contributed by atoms with Crippen LogP contribution in [-0.4, -0.2) is 47.9 Å². The van der Waals surface area contributed by atoms with Crippen molar-refractivity contribution >= 4 is 77.1 Å². The van der Waals surface area contributed by atoms with Crippen molar-refractivity contribution in [2.45, 2.75) is 0 Å². The largest absolute Gasteiger partial charge is 0.465 e. The van der Waals surface area contributed by atoms with Gasteiger partial charge in [0.2, 0.25) is 0 Å². The van der Waals surface area contributed by atoms with Crippen molar-refractivity contribution in [3.8, 4) is 11.5 Å². The first-order valence-corrected chi connectivity index (χ1v) is 14.9. The van der Waals surface area contributed by atoms with Crippen molar-refractivity contribution in [2.75, 3.05) is 24.9 Å². The van der Waals surface area contributed by atoms with Gasteiger partial charge in [-0.05, 0) is 72.8 Å². The number of amides is 2. The van der Waals surface area contributed by atoms with Crippen molar-refractivity contribution in [2.24, 2.45) is 0 Å². The molecular weight excluding hydrogens is 617 g/mol. The highest BCUT2D eigenvalue weighted by atomic mass is 32.1. The number of nitrogens with zero attached hydrogens (tertiary/aromatic N) is 2. The van der Waals surface area contributed by atoms with Gasteiger partial charge in [-0.25, -0.2) is 19.6 Å². The average molecular weight is 639 g/mol. The van der Waals surface area contributed by atoms with Gasteiger partial charge in [-0.15, -0.1) is 0 Å². The lowest BCUT2D eigenvalue weighted by Crippen LogP contribution is -2.12. The average Bonchev–Trinajstić information content (AvgIpc) is 3.66. The molecule has 4 aromatic carbocycles. The number of hydrogen-bond acceptors (Lipinski definition) is 11. The summed E-state index contributed by atoms with van der Waals surface area (Å²) in [5.41, 5.74) is 2.85. The summed E-state index contributed by atoms with van der Waals surface area (Å²) in [5, 5.41) is 6.43. The molecule has 13 heteroatoms.